The Hall–Kier alpha value is -1.83. The Kier molecular flexibility index (Phi) is 3.39. The summed E-state index contributed by atoms with van der Waals surface area (Å²) < 4.78 is 71.5. The summed E-state index contributed by atoms with van der Waals surface area (Å²) in [4.78, 5) is 0. The number of hydrogen-bond donors (Lipinski definition) is 1. The lowest BCUT2D eigenvalue weighted by Gasteiger charge is -2.22. The summed E-state index contributed by atoms with van der Waals surface area (Å²) in [6.07, 6.45) is -6.57. The van der Waals surface area contributed by atoms with Crippen LogP contribution in [-0.4, -0.2) is 43.6 Å². The predicted molar refractivity (Wildman–Crippen MR) is 79.0 cm³/mol. The molecule has 0 saturated carbocycles. The van der Waals surface area contributed by atoms with Crippen LogP contribution in [0.2, 0.25) is 0 Å². The smallest absolute Gasteiger partial charge is 0.390 e. The van der Waals surface area contributed by atoms with E-state index in [1.54, 1.807) is 0 Å². The molecule has 2 bridgehead atoms. The lowest BCUT2D eigenvalue weighted by molar-refractivity contribution is -0.137. The Bertz CT molecular complexity index is 880. The van der Waals surface area contributed by atoms with E-state index in [9.17, 15) is 26.7 Å². The zero-order valence-corrected chi connectivity index (χ0v) is 13.5. The molecule has 5 atom stereocenters. The number of hydrogen-bond acceptors (Lipinski definition) is 5. The molecule has 0 radical (unpaired) electrons. The first-order valence-electron chi connectivity index (χ1n) is 7.61. The highest BCUT2D eigenvalue weighted by Gasteiger charge is 2.64. The van der Waals surface area contributed by atoms with Gasteiger partial charge in [0, 0.05) is 18.9 Å². The van der Waals surface area contributed by atoms with Gasteiger partial charge in [-0.25, -0.2) is 8.42 Å². The van der Waals surface area contributed by atoms with Crippen LogP contribution in [0.15, 0.2) is 18.2 Å². The highest BCUT2D eigenvalue weighted by Crippen LogP contribution is 2.49. The number of halogens is 3. The fraction of sp³-hybridized carbons (Fsp3) is 0.533. The minimum absolute atomic E-state index is 0.0472. The van der Waals surface area contributed by atoms with Gasteiger partial charge in [-0.2, -0.15) is 18.4 Å². The molecule has 0 aliphatic carbocycles. The molecule has 0 amide bonds. The first kappa shape index (κ1) is 16.6. The van der Waals surface area contributed by atoms with E-state index < -0.39 is 56.8 Å². The Morgan fingerprint density at radius 3 is 2.72 bits per heavy atom. The summed E-state index contributed by atoms with van der Waals surface area (Å²) in [6.45, 7) is -0.0472. The van der Waals surface area contributed by atoms with E-state index in [0.29, 0.717) is 6.07 Å². The third kappa shape index (κ3) is 2.26. The van der Waals surface area contributed by atoms with E-state index in [2.05, 4.69) is 0 Å². The van der Waals surface area contributed by atoms with Gasteiger partial charge in [0.2, 0.25) is 10.0 Å². The summed E-state index contributed by atoms with van der Waals surface area (Å²) >= 11 is 0. The van der Waals surface area contributed by atoms with Gasteiger partial charge < -0.3 is 9.84 Å². The van der Waals surface area contributed by atoms with Crippen molar-refractivity contribution in [2.24, 2.45) is 5.92 Å². The second kappa shape index (κ2) is 5.09. The maximum absolute atomic E-state index is 13.1. The third-order valence-corrected chi connectivity index (χ3v) is 7.46. The van der Waals surface area contributed by atoms with E-state index in [1.165, 1.54) is 12.1 Å². The highest BCUT2D eigenvalue weighted by molar-refractivity contribution is 7.93. The van der Waals surface area contributed by atoms with Crippen molar-refractivity contribution >= 4 is 15.7 Å². The molecule has 3 heterocycles. The molecule has 0 aromatic heterocycles. The molecule has 1 aromatic carbocycles. The number of anilines is 1. The second-order valence-electron chi connectivity index (χ2n) is 6.49. The van der Waals surface area contributed by atoms with Crippen molar-refractivity contribution in [3.8, 4) is 6.07 Å². The Balaban J connectivity index is 1.76. The molecule has 10 heteroatoms. The van der Waals surface area contributed by atoms with Gasteiger partial charge in [-0.1, -0.05) is 0 Å². The third-order valence-electron chi connectivity index (χ3n) is 5.14. The van der Waals surface area contributed by atoms with Gasteiger partial charge in [0.15, 0.2) is 0 Å². The average Bonchev–Trinajstić information content (AvgIpc) is 3.15. The fourth-order valence-electron chi connectivity index (χ4n) is 4.12. The van der Waals surface area contributed by atoms with Crippen LogP contribution in [0.3, 0.4) is 0 Å². The number of aliphatic hydroxyl groups is 1. The number of nitrogens with zero attached hydrogens (tertiary/aromatic N) is 2. The molecule has 0 spiro atoms. The molecule has 0 unspecified atom stereocenters. The van der Waals surface area contributed by atoms with Gasteiger partial charge in [-0.05, 0) is 18.2 Å². The molecule has 3 saturated heterocycles. The highest BCUT2D eigenvalue weighted by atomic mass is 32.2. The van der Waals surface area contributed by atoms with Crippen molar-refractivity contribution in [2.45, 2.75) is 36.2 Å². The summed E-state index contributed by atoms with van der Waals surface area (Å²) in [5.41, 5.74) is -1.86. The number of benzene rings is 1. The number of ether oxygens (including phenoxy) is 1. The van der Waals surface area contributed by atoms with Gasteiger partial charge in [0.25, 0.3) is 0 Å². The number of sulfonamides is 1. The van der Waals surface area contributed by atoms with E-state index in [4.69, 9.17) is 10.00 Å². The van der Waals surface area contributed by atoms with Gasteiger partial charge in [-0.3, -0.25) is 4.31 Å². The molecule has 1 N–H and O–H groups in total. The van der Waals surface area contributed by atoms with Crippen LogP contribution in [0.4, 0.5) is 18.9 Å². The van der Waals surface area contributed by atoms with Gasteiger partial charge >= 0.3 is 6.18 Å². The zero-order chi connectivity index (χ0) is 18.1. The zero-order valence-electron chi connectivity index (χ0n) is 12.6. The number of nitriles is 1. The monoisotopic (exact) mass is 374 g/mol. The molecule has 3 aliphatic rings. The van der Waals surface area contributed by atoms with Gasteiger partial charge in [0.1, 0.15) is 5.25 Å². The second-order valence-corrected chi connectivity index (χ2v) is 8.50. The molecule has 3 aliphatic heterocycles. The standard InChI is InChI=1S/C15H13F3N2O4S/c16-15(17,18)10-3-8(2-1-7(10)5-19)20-6-9-13-11(21)4-12(24-13)14(9)25(20,22)23/h1-3,9,11-14,21H,4,6H2/t9-,11-,12-,13+,14-/m1/s1. The van der Waals surface area contributed by atoms with Crippen LogP contribution in [0.1, 0.15) is 17.5 Å². The molecule has 3 fully saturated rings. The van der Waals surface area contributed by atoms with Crippen LogP contribution in [0.5, 0.6) is 0 Å². The van der Waals surface area contributed by atoms with Crippen LogP contribution >= 0.6 is 0 Å². The topological polar surface area (TPSA) is 90.6 Å². The van der Waals surface area contributed by atoms with Crippen molar-refractivity contribution in [2.75, 3.05) is 10.8 Å². The number of alkyl halides is 3. The van der Waals surface area contributed by atoms with E-state index >= 15 is 0 Å². The summed E-state index contributed by atoms with van der Waals surface area (Å²) in [5.74, 6) is -0.483. The predicted octanol–water partition coefficient (Wildman–Crippen LogP) is 1.24. The minimum atomic E-state index is -4.77. The average molecular weight is 374 g/mol. The Labute approximate surface area is 141 Å². The molecular weight excluding hydrogens is 361 g/mol. The van der Waals surface area contributed by atoms with Crippen molar-refractivity contribution < 1.29 is 31.4 Å². The molecule has 134 valence electrons. The first-order chi connectivity index (χ1) is 11.6. The lowest BCUT2D eigenvalue weighted by Crippen LogP contribution is -2.40. The largest absolute Gasteiger partial charge is 0.417 e. The first-order valence-corrected chi connectivity index (χ1v) is 9.11. The van der Waals surface area contributed by atoms with Gasteiger partial charge in [-0.15, -0.1) is 0 Å². The fourth-order valence-corrected chi connectivity index (χ4v) is 6.44. The summed E-state index contributed by atoms with van der Waals surface area (Å²) in [6, 6.07) is 4.33. The molecule has 25 heavy (non-hydrogen) atoms. The van der Waals surface area contributed by atoms with Crippen molar-refractivity contribution in [1.82, 2.24) is 0 Å². The summed E-state index contributed by atoms with van der Waals surface area (Å²) in [5, 5.41) is 17.9. The molecule has 4 rings (SSSR count). The van der Waals surface area contributed by atoms with Crippen molar-refractivity contribution in [3.63, 3.8) is 0 Å². The van der Waals surface area contributed by atoms with Crippen LogP contribution < -0.4 is 4.31 Å². The maximum Gasteiger partial charge on any atom is 0.417 e. The van der Waals surface area contributed by atoms with E-state index in [1.807, 2.05) is 0 Å². The summed E-state index contributed by atoms with van der Waals surface area (Å²) in [7, 11) is -3.91. The van der Waals surface area contributed by atoms with Crippen molar-refractivity contribution in [3.05, 3.63) is 29.3 Å². The molecule has 1 aromatic rings. The lowest BCUT2D eigenvalue weighted by atomic mass is 9.87. The molecule has 6 nitrogen and oxygen atoms in total. The minimum Gasteiger partial charge on any atom is -0.390 e. The van der Waals surface area contributed by atoms with Crippen LogP contribution in [0, 0.1) is 17.2 Å². The maximum atomic E-state index is 13.1. The number of fused-ring (bicyclic) bond motifs is 5. The van der Waals surface area contributed by atoms with Gasteiger partial charge in [0.05, 0.1) is 41.2 Å². The normalized spacial score (nSPS) is 35.6. The SMILES string of the molecule is N#Cc1ccc(N2C[C@@H]3[C@@H]4O[C@H](C[C@H]4O)[C@@H]3S2(=O)=O)cc1C(F)(F)F. The Morgan fingerprint density at radius 2 is 2.08 bits per heavy atom. The van der Waals surface area contributed by atoms with Crippen LogP contribution in [0.25, 0.3) is 0 Å². The Morgan fingerprint density at radius 1 is 1.36 bits per heavy atom. The van der Waals surface area contributed by atoms with Crippen molar-refractivity contribution in [1.29, 1.82) is 5.26 Å². The molecular formula is C15H13F3N2O4S. The number of rotatable bonds is 1. The van der Waals surface area contributed by atoms with E-state index in [-0.39, 0.29) is 18.7 Å². The number of aliphatic hydroxyl groups excluding tert-OH is 1. The van der Waals surface area contributed by atoms with Crippen LogP contribution in [-0.2, 0) is 20.9 Å². The quantitative estimate of drug-likeness (QED) is 0.799. The van der Waals surface area contributed by atoms with E-state index in [0.717, 1.165) is 10.4 Å².